The molecule has 2 unspecified atom stereocenters. The molecule has 1 heterocycles. The maximum atomic E-state index is 4.24. The largest absolute Gasteiger partial charge is 0.179 e. The van der Waals surface area contributed by atoms with Crippen LogP contribution in [0, 0.1) is 0 Å². The monoisotopic (exact) mass is 332 g/mol. The first-order valence-electron chi connectivity index (χ1n) is 5.47. The first-order chi connectivity index (χ1) is 7.86. The van der Waals surface area contributed by atoms with Crippen LogP contribution in [0.15, 0.2) is 0 Å². The molecular formula is C10H20S6. The molecule has 0 bridgehead atoms. The molecule has 0 aromatic rings. The second-order valence-electron chi connectivity index (χ2n) is 3.51. The number of rotatable bonds is 8. The first-order valence-corrected chi connectivity index (χ1v) is 11.1. The molecule has 0 saturated carbocycles. The Hall–Kier alpha value is 2.10. The molecule has 0 amide bonds. The zero-order chi connectivity index (χ0) is 11.6. The number of thiol groups is 2. The summed E-state index contributed by atoms with van der Waals surface area (Å²) >= 11 is 17.0. The average Bonchev–Trinajstić information content (AvgIpc) is 2.32. The van der Waals surface area contributed by atoms with Gasteiger partial charge in [-0.25, -0.2) is 0 Å². The van der Waals surface area contributed by atoms with Gasteiger partial charge in [-0.05, 0) is 11.5 Å². The minimum Gasteiger partial charge on any atom is -0.179 e. The lowest BCUT2D eigenvalue weighted by molar-refractivity contribution is 1.06. The molecule has 0 nitrogen and oxygen atoms in total. The second-order valence-corrected chi connectivity index (χ2v) is 9.37. The van der Waals surface area contributed by atoms with Crippen molar-refractivity contribution in [1.82, 2.24) is 0 Å². The van der Waals surface area contributed by atoms with E-state index in [0.717, 1.165) is 22.0 Å². The quantitative estimate of drug-likeness (QED) is 0.515. The summed E-state index contributed by atoms with van der Waals surface area (Å²) in [4.78, 5) is 0. The number of hydrogen-bond donors (Lipinski definition) is 2. The summed E-state index contributed by atoms with van der Waals surface area (Å²) in [6.45, 7) is 0. The van der Waals surface area contributed by atoms with Gasteiger partial charge in [-0.15, -0.1) is 0 Å². The molecule has 2 atom stereocenters. The van der Waals surface area contributed by atoms with Crippen LogP contribution in [0.3, 0.4) is 0 Å². The van der Waals surface area contributed by atoms with Crippen LogP contribution in [-0.4, -0.2) is 56.5 Å². The van der Waals surface area contributed by atoms with Crippen LogP contribution in [0.4, 0.5) is 0 Å². The van der Waals surface area contributed by atoms with Gasteiger partial charge in [0.1, 0.15) is 0 Å². The zero-order valence-electron chi connectivity index (χ0n) is 9.34. The molecular weight excluding hydrogens is 313 g/mol. The van der Waals surface area contributed by atoms with Crippen molar-refractivity contribution in [2.45, 2.75) is 10.5 Å². The summed E-state index contributed by atoms with van der Waals surface area (Å²) in [6.07, 6.45) is 0. The van der Waals surface area contributed by atoms with Crippen molar-refractivity contribution in [2.75, 3.05) is 46.0 Å². The van der Waals surface area contributed by atoms with Gasteiger partial charge in [0, 0.05) is 45.0 Å². The fraction of sp³-hybridized carbons (Fsp3) is 1.00. The third-order valence-electron chi connectivity index (χ3n) is 2.11. The van der Waals surface area contributed by atoms with Crippen LogP contribution >= 0.6 is 72.3 Å². The van der Waals surface area contributed by atoms with Crippen LogP contribution in [0.25, 0.3) is 0 Å². The van der Waals surface area contributed by atoms with Crippen molar-refractivity contribution in [2.24, 2.45) is 0 Å². The molecule has 0 N–H and O–H groups in total. The molecule has 1 saturated heterocycles. The van der Waals surface area contributed by atoms with E-state index in [0.29, 0.717) is 0 Å². The highest BCUT2D eigenvalue weighted by atomic mass is 32.2. The third-order valence-corrected chi connectivity index (χ3v) is 9.07. The number of thioether (sulfide) groups is 4. The lowest BCUT2D eigenvalue weighted by Gasteiger charge is -2.27. The normalized spacial score (nSPS) is 25.9. The highest BCUT2D eigenvalue weighted by molar-refractivity contribution is 8.09. The summed E-state index contributed by atoms with van der Waals surface area (Å²) in [5.74, 6) is 9.74. The predicted molar refractivity (Wildman–Crippen MR) is 94.8 cm³/mol. The smallest absolute Gasteiger partial charge is 0.0229 e. The Kier molecular flexibility index (Phi) is 11.1. The van der Waals surface area contributed by atoms with E-state index in [-0.39, 0.29) is 0 Å². The lowest BCUT2D eigenvalue weighted by Crippen LogP contribution is -2.25. The van der Waals surface area contributed by atoms with Gasteiger partial charge in [-0.1, -0.05) is 0 Å². The summed E-state index contributed by atoms with van der Waals surface area (Å²) in [5, 5.41) is 1.75. The first kappa shape index (κ1) is 16.2. The van der Waals surface area contributed by atoms with E-state index < -0.39 is 0 Å². The molecule has 1 aliphatic heterocycles. The molecule has 1 fully saturated rings. The summed E-state index contributed by atoms with van der Waals surface area (Å²) in [5.41, 5.74) is 0. The SMILES string of the molecule is SCCSCC1CSC(CSCCS)CS1. The molecule has 0 aromatic carbocycles. The molecule has 1 rings (SSSR count). The summed E-state index contributed by atoms with van der Waals surface area (Å²) in [6, 6.07) is 0. The molecule has 6 heteroatoms. The van der Waals surface area contributed by atoms with Gasteiger partial charge in [0.15, 0.2) is 0 Å². The van der Waals surface area contributed by atoms with Crippen LogP contribution < -0.4 is 0 Å². The minimum absolute atomic E-state index is 0.876. The highest BCUT2D eigenvalue weighted by Gasteiger charge is 2.21. The summed E-state index contributed by atoms with van der Waals surface area (Å²) in [7, 11) is 0. The van der Waals surface area contributed by atoms with Crippen molar-refractivity contribution in [1.29, 1.82) is 0 Å². The molecule has 0 radical (unpaired) electrons. The van der Waals surface area contributed by atoms with E-state index in [2.05, 4.69) is 72.3 Å². The Morgan fingerprint density at radius 2 is 1.31 bits per heavy atom. The summed E-state index contributed by atoms with van der Waals surface area (Å²) < 4.78 is 0. The van der Waals surface area contributed by atoms with E-state index in [1.165, 1.54) is 34.5 Å². The molecule has 0 aliphatic carbocycles. The van der Waals surface area contributed by atoms with Crippen LogP contribution in [0.2, 0.25) is 0 Å². The predicted octanol–water partition coefficient (Wildman–Crippen LogP) is 3.53. The van der Waals surface area contributed by atoms with Crippen molar-refractivity contribution < 1.29 is 0 Å². The van der Waals surface area contributed by atoms with Gasteiger partial charge >= 0.3 is 0 Å². The van der Waals surface area contributed by atoms with Gasteiger partial charge in [0.2, 0.25) is 0 Å². The van der Waals surface area contributed by atoms with E-state index in [1.54, 1.807) is 0 Å². The zero-order valence-corrected chi connectivity index (χ0v) is 14.4. The maximum Gasteiger partial charge on any atom is 0.0229 e. The Balaban J connectivity index is 2.00. The molecule has 0 spiro atoms. The van der Waals surface area contributed by atoms with Gasteiger partial charge in [-0.3, -0.25) is 0 Å². The fourth-order valence-corrected chi connectivity index (χ4v) is 7.56. The van der Waals surface area contributed by atoms with Crippen LogP contribution in [-0.2, 0) is 0 Å². The molecule has 96 valence electrons. The minimum atomic E-state index is 0.876. The van der Waals surface area contributed by atoms with Gasteiger partial charge in [-0.2, -0.15) is 72.3 Å². The fourth-order valence-electron chi connectivity index (χ4n) is 1.33. The average molecular weight is 333 g/mol. The second kappa shape index (κ2) is 11.0. The third kappa shape index (κ3) is 7.52. The topological polar surface area (TPSA) is 0 Å². The Morgan fingerprint density at radius 3 is 1.62 bits per heavy atom. The van der Waals surface area contributed by atoms with Crippen LogP contribution in [0.5, 0.6) is 0 Å². The standard InChI is InChI=1S/C10H20S6/c11-1-3-13-5-9-7-16-10(8-15-9)6-14-4-2-12/h9-12H,1-8H2. The van der Waals surface area contributed by atoms with Gasteiger partial charge in [0.05, 0.1) is 0 Å². The van der Waals surface area contributed by atoms with Crippen molar-refractivity contribution in [3.05, 3.63) is 0 Å². The van der Waals surface area contributed by atoms with Crippen molar-refractivity contribution in [3.63, 3.8) is 0 Å². The maximum absolute atomic E-state index is 4.24. The number of hydrogen-bond acceptors (Lipinski definition) is 6. The van der Waals surface area contributed by atoms with Gasteiger partial charge in [0.25, 0.3) is 0 Å². The molecule has 16 heavy (non-hydrogen) atoms. The van der Waals surface area contributed by atoms with Crippen molar-refractivity contribution >= 4 is 72.3 Å². The molecule has 0 aromatic heterocycles. The van der Waals surface area contributed by atoms with E-state index in [4.69, 9.17) is 0 Å². The lowest BCUT2D eigenvalue weighted by atomic mass is 10.5. The van der Waals surface area contributed by atoms with Crippen molar-refractivity contribution in [3.8, 4) is 0 Å². The van der Waals surface area contributed by atoms with Gasteiger partial charge < -0.3 is 0 Å². The Morgan fingerprint density at radius 1 is 0.875 bits per heavy atom. The van der Waals surface area contributed by atoms with Crippen LogP contribution in [0.1, 0.15) is 0 Å². The Bertz CT molecular complexity index is 139. The highest BCUT2D eigenvalue weighted by Crippen LogP contribution is 2.33. The van der Waals surface area contributed by atoms with E-state index in [9.17, 15) is 0 Å². The van der Waals surface area contributed by atoms with E-state index in [1.807, 2.05) is 0 Å². The van der Waals surface area contributed by atoms with E-state index >= 15 is 0 Å². The molecule has 1 aliphatic rings. The Labute approximate surface area is 128 Å².